The van der Waals surface area contributed by atoms with Crippen LogP contribution in [0.3, 0.4) is 0 Å². The number of aryl methyl sites for hydroxylation is 3. The number of nitrogens with one attached hydrogen (secondary N) is 1. The van der Waals surface area contributed by atoms with Crippen molar-refractivity contribution in [3.05, 3.63) is 59.8 Å². The van der Waals surface area contributed by atoms with Crippen LogP contribution in [0.5, 0.6) is 11.5 Å². The number of benzene rings is 1. The molecule has 0 aliphatic heterocycles. The van der Waals surface area contributed by atoms with Crippen LogP contribution in [0.15, 0.2) is 42.7 Å². The molecule has 0 amide bonds. The minimum atomic E-state index is 0.795. The molecule has 24 heavy (non-hydrogen) atoms. The topological polar surface area (TPSA) is 60.0 Å². The van der Waals surface area contributed by atoms with Crippen molar-refractivity contribution < 1.29 is 9.47 Å². The van der Waals surface area contributed by atoms with Gasteiger partial charge in [-0.2, -0.15) is 0 Å². The second kappa shape index (κ2) is 7.17. The van der Waals surface area contributed by atoms with Crippen LogP contribution in [0.2, 0.25) is 0 Å². The van der Waals surface area contributed by atoms with Crippen molar-refractivity contribution >= 4 is 0 Å². The molecule has 124 valence electrons. The van der Waals surface area contributed by atoms with Gasteiger partial charge in [-0.3, -0.25) is 4.98 Å². The van der Waals surface area contributed by atoms with E-state index in [1.807, 2.05) is 43.5 Å². The van der Waals surface area contributed by atoms with Crippen LogP contribution in [-0.4, -0.2) is 29.2 Å². The molecule has 0 radical (unpaired) electrons. The Balaban J connectivity index is 1.76. The predicted octanol–water partition coefficient (Wildman–Crippen LogP) is 3.58. The van der Waals surface area contributed by atoms with Crippen molar-refractivity contribution in [2.75, 3.05) is 14.2 Å². The third kappa shape index (κ3) is 3.40. The summed E-state index contributed by atoms with van der Waals surface area (Å²) in [5.74, 6) is 2.60. The summed E-state index contributed by atoms with van der Waals surface area (Å²) in [5.41, 5.74) is 4.18. The van der Waals surface area contributed by atoms with Crippen LogP contribution in [0.1, 0.15) is 17.1 Å². The highest BCUT2D eigenvalue weighted by Crippen LogP contribution is 2.26. The summed E-state index contributed by atoms with van der Waals surface area (Å²) in [6.07, 6.45) is 5.25. The van der Waals surface area contributed by atoms with Crippen LogP contribution in [0, 0.1) is 6.92 Å². The lowest BCUT2D eigenvalue weighted by Crippen LogP contribution is -1.98. The summed E-state index contributed by atoms with van der Waals surface area (Å²) < 4.78 is 10.7. The van der Waals surface area contributed by atoms with Gasteiger partial charge in [0.05, 0.1) is 19.9 Å². The van der Waals surface area contributed by atoms with E-state index in [-0.39, 0.29) is 0 Å². The Bertz CT molecular complexity index is 813. The van der Waals surface area contributed by atoms with E-state index in [4.69, 9.17) is 14.5 Å². The summed E-state index contributed by atoms with van der Waals surface area (Å²) >= 11 is 0. The van der Waals surface area contributed by atoms with Gasteiger partial charge >= 0.3 is 0 Å². The summed E-state index contributed by atoms with van der Waals surface area (Å²) in [6.45, 7) is 2.03. The summed E-state index contributed by atoms with van der Waals surface area (Å²) in [4.78, 5) is 12.3. The first kappa shape index (κ1) is 16.1. The van der Waals surface area contributed by atoms with E-state index >= 15 is 0 Å². The highest BCUT2D eigenvalue weighted by atomic mass is 16.5. The lowest BCUT2D eigenvalue weighted by molar-refractivity contribution is 0.391. The van der Waals surface area contributed by atoms with Crippen LogP contribution >= 0.6 is 0 Å². The Kier molecular flexibility index (Phi) is 4.79. The molecular formula is C19H21N3O2. The van der Waals surface area contributed by atoms with Gasteiger partial charge in [-0.25, -0.2) is 4.98 Å². The molecule has 0 saturated heterocycles. The van der Waals surface area contributed by atoms with Crippen molar-refractivity contribution in [2.45, 2.75) is 19.8 Å². The molecule has 0 aliphatic carbocycles. The SMILES string of the molecule is COc1ccc(CCc2nc(-c3cccnc3)c(C)[nH]2)c(OC)c1. The first-order chi connectivity index (χ1) is 11.7. The number of aromatic nitrogens is 3. The quantitative estimate of drug-likeness (QED) is 0.753. The van der Waals surface area contributed by atoms with Crippen LogP contribution in [0.25, 0.3) is 11.3 Å². The molecule has 0 fully saturated rings. The molecule has 3 rings (SSSR count). The molecule has 5 nitrogen and oxygen atoms in total. The number of hydrogen-bond acceptors (Lipinski definition) is 4. The second-order valence-electron chi connectivity index (χ2n) is 5.58. The lowest BCUT2D eigenvalue weighted by atomic mass is 10.1. The Morgan fingerprint density at radius 3 is 2.67 bits per heavy atom. The molecule has 2 heterocycles. The third-order valence-corrected chi connectivity index (χ3v) is 3.99. The van der Waals surface area contributed by atoms with Gasteiger partial charge in [-0.1, -0.05) is 6.07 Å². The Morgan fingerprint density at radius 1 is 1.08 bits per heavy atom. The maximum Gasteiger partial charge on any atom is 0.125 e. The standard InChI is InChI=1S/C19H21N3O2/c1-13-19(15-5-4-10-20-12-15)22-18(21-13)9-7-14-6-8-16(23-2)11-17(14)24-3/h4-6,8,10-12H,7,9H2,1-3H3,(H,21,22). The van der Waals surface area contributed by atoms with E-state index in [2.05, 4.69) is 9.97 Å². The van der Waals surface area contributed by atoms with Gasteiger partial charge in [-0.15, -0.1) is 0 Å². The maximum absolute atomic E-state index is 5.46. The van der Waals surface area contributed by atoms with Crippen molar-refractivity contribution in [1.29, 1.82) is 0 Å². The molecule has 0 atom stereocenters. The van der Waals surface area contributed by atoms with Crippen LogP contribution in [-0.2, 0) is 12.8 Å². The normalized spacial score (nSPS) is 10.6. The van der Waals surface area contributed by atoms with Crippen molar-refractivity contribution in [3.63, 3.8) is 0 Å². The average Bonchev–Trinajstić information content (AvgIpc) is 3.01. The number of pyridine rings is 1. The van der Waals surface area contributed by atoms with Crippen LogP contribution in [0.4, 0.5) is 0 Å². The van der Waals surface area contributed by atoms with Gasteiger partial charge in [-0.05, 0) is 37.1 Å². The Morgan fingerprint density at radius 2 is 1.96 bits per heavy atom. The van der Waals surface area contributed by atoms with Crippen molar-refractivity contribution in [1.82, 2.24) is 15.0 Å². The molecule has 3 aromatic rings. The number of rotatable bonds is 6. The first-order valence-corrected chi connectivity index (χ1v) is 7.88. The number of methoxy groups -OCH3 is 2. The lowest BCUT2D eigenvalue weighted by Gasteiger charge is -2.09. The van der Waals surface area contributed by atoms with E-state index in [9.17, 15) is 0 Å². The monoisotopic (exact) mass is 323 g/mol. The summed E-state index contributed by atoms with van der Waals surface area (Å²) in [6, 6.07) is 9.84. The second-order valence-corrected chi connectivity index (χ2v) is 5.58. The number of imidazole rings is 1. The summed E-state index contributed by atoms with van der Waals surface area (Å²) in [5, 5.41) is 0. The number of ether oxygens (including phenoxy) is 2. The molecular weight excluding hydrogens is 302 g/mol. The van der Waals surface area contributed by atoms with E-state index in [0.717, 1.165) is 52.7 Å². The zero-order valence-electron chi connectivity index (χ0n) is 14.2. The minimum absolute atomic E-state index is 0.795. The molecule has 1 aromatic carbocycles. The molecule has 0 spiro atoms. The molecule has 1 N–H and O–H groups in total. The number of nitrogens with zero attached hydrogens (tertiary/aromatic N) is 2. The zero-order chi connectivity index (χ0) is 16.9. The van der Waals surface area contributed by atoms with Gasteiger partial charge in [0.2, 0.25) is 0 Å². The number of aromatic amines is 1. The Labute approximate surface area is 141 Å². The van der Waals surface area contributed by atoms with E-state index in [0.29, 0.717) is 0 Å². The van der Waals surface area contributed by atoms with Gasteiger partial charge in [0.15, 0.2) is 0 Å². The van der Waals surface area contributed by atoms with E-state index in [1.54, 1.807) is 20.4 Å². The van der Waals surface area contributed by atoms with E-state index < -0.39 is 0 Å². The smallest absolute Gasteiger partial charge is 0.125 e. The number of H-pyrrole nitrogens is 1. The molecule has 0 unspecified atom stereocenters. The summed E-state index contributed by atoms with van der Waals surface area (Å²) in [7, 11) is 3.33. The third-order valence-electron chi connectivity index (χ3n) is 3.99. The fourth-order valence-corrected chi connectivity index (χ4v) is 2.74. The van der Waals surface area contributed by atoms with Crippen LogP contribution < -0.4 is 9.47 Å². The zero-order valence-corrected chi connectivity index (χ0v) is 14.2. The molecule has 0 bridgehead atoms. The van der Waals surface area contributed by atoms with Gasteiger partial charge in [0.25, 0.3) is 0 Å². The molecule has 0 aliphatic rings. The highest BCUT2D eigenvalue weighted by Gasteiger charge is 2.11. The van der Waals surface area contributed by atoms with Gasteiger partial charge in [0.1, 0.15) is 17.3 Å². The fourth-order valence-electron chi connectivity index (χ4n) is 2.74. The van der Waals surface area contributed by atoms with Crippen molar-refractivity contribution in [3.8, 4) is 22.8 Å². The van der Waals surface area contributed by atoms with E-state index in [1.165, 1.54) is 0 Å². The van der Waals surface area contributed by atoms with Gasteiger partial charge in [0, 0.05) is 36.1 Å². The van der Waals surface area contributed by atoms with Crippen molar-refractivity contribution in [2.24, 2.45) is 0 Å². The Hall–Kier alpha value is -2.82. The molecule has 5 heteroatoms. The largest absolute Gasteiger partial charge is 0.497 e. The highest BCUT2D eigenvalue weighted by molar-refractivity contribution is 5.60. The molecule has 2 aromatic heterocycles. The first-order valence-electron chi connectivity index (χ1n) is 7.88. The average molecular weight is 323 g/mol. The fraction of sp³-hybridized carbons (Fsp3) is 0.263. The predicted molar refractivity (Wildman–Crippen MR) is 93.5 cm³/mol. The van der Waals surface area contributed by atoms with Gasteiger partial charge < -0.3 is 14.5 Å². The maximum atomic E-state index is 5.46. The molecule has 0 saturated carbocycles. The number of hydrogen-bond donors (Lipinski definition) is 1. The minimum Gasteiger partial charge on any atom is -0.497 e.